The minimum atomic E-state index is -0.746. The molecule has 1 heterocycles. The largest absolute Gasteiger partial charge is 0.292 e. The fourth-order valence-corrected chi connectivity index (χ4v) is 4.77. The van der Waals surface area contributed by atoms with Crippen molar-refractivity contribution in [2.45, 2.75) is 19.8 Å². The first kappa shape index (κ1) is 23.5. The van der Waals surface area contributed by atoms with Crippen LogP contribution in [-0.4, -0.2) is 40.1 Å². The Balaban J connectivity index is 1.72. The molecular formula is C24H19Cl3N2O4. The van der Waals surface area contributed by atoms with Gasteiger partial charge in [0.15, 0.2) is 5.78 Å². The lowest BCUT2D eigenvalue weighted by Crippen LogP contribution is -2.52. The number of Topliss-reactive ketones (excluding diaryl/α,β-unsaturated/α-hetero) is 1. The second-order valence-corrected chi connectivity index (χ2v) is 9.39. The van der Waals surface area contributed by atoms with Crippen molar-refractivity contribution in [2.75, 3.05) is 6.54 Å². The van der Waals surface area contributed by atoms with Crippen LogP contribution in [0.25, 0.3) is 0 Å². The van der Waals surface area contributed by atoms with Gasteiger partial charge >= 0.3 is 0 Å². The molecule has 170 valence electrons. The normalized spacial score (nSPS) is 19.9. The van der Waals surface area contributed by atoms with E-state index in [-0.39, 0.29) is 16.1 Å². The molecule has 2 aliphatic rings. The first-order valence-electron chi connectivity index (χ1n) is 10.3. The van der Waals surface area contributed by atoms with E-state index in [4.69, 9.17) is 34.8 Å². The van der Waals surface area contributed by atoms with Crippen LogP contribution in [0.3, 0.4) is 0 Å². The summed E-state index contributed by atoms with van der Waals surface area (Å²) in [6.45, 7) is 1.37. The number of carbonyl (C=O) groups is 4. The van der Waals surface area contributed by atoms with E-state index in [0.29, 0.717) is 22.9 Å². The lowest BCUT2D eigenvalue weighted by atomic mass is 9.82. The molecule has 0 unspecified atom stereocenters. The van der Waals surface area contributed by atoms with Gasteiger partial charge in [0, 0.05) is 15.6 Å². The summed E-state index contributed by atoms with van der Waals surface area (Å²) in [5.74, 6) is -3.35. The Hall–Kier alpha value is -2.67. The van der Waals surface area contributed by atoms with E-state index < -0.39 is 41.9 Å². The van der Waals surface area contributed by atoms with Gasteiger partial charge in [-0.25, -0.2) is 5.01 Å². The number of hydrogen-bond donors (Lipinski definition) is 0. The van der Waals surface area contributed by atoms with Gasteiger partial charge in [0.1, 0.15) is 6.54 Å². The predicted octanol–water partition coefficient (Wildman–Crippen LogP) is 5.23. The number of ketones is 1. The number of allylic oxidation sites excluding steroid dienone is 2. The predicted molar refractivity (Wildman–Crippen MR) is 125 cm³/mol. The van der Waals surface area contributed by atoms with Crippen LogP contribution in [0.5, 0.6) is 0 Å². The number of nitrogens with zero attached hydrogens (tertiary/aromatic N) is 2. The van der Waals surface area contributed by atoms with E-state index in [1.165, 1.54) is 30.3 Å². The van der Waals surface area contributed by atoms with Gasteiger partial charge in [0.25, 0.3) is 17.7 Å². The Kier molecular flexibility index (Phi) is 6.61. The van der Waals surface area contributed by atoms with Crippen LogP contribution in [0.15, 0.2) is 54.1 Å². The highest BCUT2D eigenvalue weighted by Crippen LogP contribution is 2.39. The molecule has 3 amide bonds. The van der Waals surface area contributed by atoms with Crippen molar-refractivity contribution in [2.24, 2.45) is 11.8 Å². The van der Waals surface area contributed by atoms with E-state index in [2.05, 4.69) is 0 Å². The standard InChI is InChI=1S/C24H19Cl3N2O4/c1-13-2-8-17-19(10-13)24(33)29(23(17)32)28(12-21(30)14-3-5-15(25)6-4-14)22(31)18-9-7-16(26)11-20(18)27/h2-7,9,11,17,19H,8,10,12H2,1H3/t17-,19-/m0/s1. The fourth-order valence-electron chi connectivity index (χ4n) is 4.16. The Bertz CT molecular complexity index is 1190. The number of carbonyl (C=O) groups excluding carboxylic acids is 4. The lowest BCUT2D eigenvalue weighted by molar-refractivity contribution is -0.154. The zero-order valence-electron chi connectivity index (χ0n) is 17.6. The van der Waals surface area contributed by atoms with E-state index >= 15 is 0 Å². The molecule has 0 saturated carbocycles. The highest BCUT2D eigenvalue weighted by atomic mass is 35.5. The molecule has 0 radical (unpaired) electrons. The third-order valence-corrected chi connectivity index (χ3v) is 6.70. The number of rotatable bonds is 5. The molecule has 1 aliphatic heterocycles. The lowest BCUT2D eigenvalue weighted by Gasteiger charge is -2.30. The third-order valence-electron chi connectivity index (χ3n) is 5.90. The second-order valence-electron chi connectivity index (χ2n) is 8.11. The first-order valence-corrected chi connectivity index (χ1v) is 11.4. The molecule has 1 aliphatic carbocycles. The number of amides is 3. The average molecular weight is 506 g/mol. The summed E-state index contributed by atoms with van der Waals surface area (Å²) in [6, 6.07) is 10.4. The topological polar surface area (TPSA) is 74.8 Å². The molecule has 4 rings (SSSR count). The average Bonchev–Trinajstić information content (AvgIpc) is 3.01. The van der Waals surface area contributed by atoms with Gasteiger partial charge in [-0.1, -0.05) is 46.5 Å². The van der Waals surface area contributed by atoms with Crippen molar-refractivity contribution in [3.8, 4) is 0 Å². The van der Waals surface area contributed by atoms with E-state index in [1.807, 2.05) is 13.0 Å². The third kappa shape index (κ3) is 4.56. The summed E-state index contributed by atoms with van der Waals surface area (Å²) in [7, 11) is 0. The monoisotopic (exact) mass is 504 g/mol. The maximum atomic E-state index is 13.5. The van der Waals surface area contributed by atoms with Crippen molar-refractivity contribution in [3.63, 3.8) is 0 Å². The minimum absolute atomic E-state index is 0.0229. The van der Waals surface area contributed by atoms with Gasteiger partial charge in [-0.3, -0.25) is 19.2 Å². The molecule has 1 saturated heterocycles. The molecule has 1 fully saturated rings. The quantitative estimate of drug-likeness (QED) is 0.317. The zero-order chi connectivity index (χ0) is 23.9. The molecule has 9 heteroatoms. The number of hydrazine groups is 1. The number of hydrogen-bond acceptors (Lipinski definition) is 4. The Morgan fingerprint density at radius 1 is 0.970 bits per heavy atom. The smallest absolute Gasteiger partial charge is 0.274 e. The number of fused-ring (bicyclic) bond motifs is 1. The molecule has 0 N–H and O–H groups in total. The minimum Gasteiger partial charge on any atom is -0.292 e. The van der Waals surface area contributed by atoms with Crippen LogP contribution in [0.2, 0.25) is 15.1 Å². The van der Waals surface area contributed by atoms with Crippen molar-refractivity contribution < 1.29 is 19.2 Å². The van der Waals surface area contributed by atoms with Gasteiger partial charge in [0.05, 0.1) is 22.4 Å². The van der Waals surface area contributed by atoms with Crippen LogP contribution >= 0.6 is 34.8 Å². The summed E-state index contributed by atoms with van der Waals surface area (Å²) < 4.78 is 0. The summed E-state index contributed by atoms with van der Waals surface area (Å²) in [6.07, 6.45) is 2.77. The van der Waals surface area contributed by atoms with Gasteiger partial charge in [-0.05, 0) is 62.2 Å². The van der Waals surface area contributed by atoms with E-state index in [1.54, 1.807) is 12.1 Å². The fraction of sp³-hybridized carbons (Fsp3) is 0.250. The molecule has 6 nitrogen and oxygen atoms in total. The van der Waals surface area contributed by atoms with Gasteiger partial charge in [0.2, 0.25) is 0 Å². The van der Waals surface area contributed by atoms with Crippen LogP contribution < -0.4 is 0 Å². The highest BCUT2D eigenvalue weighted by Gasteiger charge is 2.51. The van der Waals surface area contributed by atoms with Crippen molar-refractivity contribution >= 4 is 58.3 Å². The molecule has 0 aromatic heterocycles. The van der Waals surface area contributed by atoms with Crippen molar-refractivity contribution in [3.05, 3.63) is 80.3 Å². The summed E-state index contributed by atoms with van der Waals surface area (Å²) in [4.78, 5) is 53.0. The van der Waals surface area contributed by atoms with Crippen LogP contribution in [-0.2, 0) is 9.59 Å². The molecule has 0 spiro atoms. The number of imide groups is 1. The first-order chi connectivity index (χ1) is 15.7. The summed E-state index contributed by atoms with van der Waals surface area (Å²) in [5.41, 5.74) is 1.32. The maximum absolute atomic E-state index is 13.5. The Morgan fingerprint density at radius 3 is 2.27 bits per heavy atom. The molecule has 2 aromatic rings. The molecule has 33 heavy (non-hydrogen) atoms. The highest BCUT2D eigenvalue weighted by molar-refractivity contribution is 6.36. The SMILES string of the molecule is CC1=CC[C@@H]2C(=O)N(N(CC(=O)c3ccc(Cl)cc3)C(=O)c3ccc(Cl)cc3Cl)C(=O)[C@H]2C1. The molecule has 2 atom stereocenters. The molecular weight excluding hydrogens is 487 g/mol. The van der Waals surface area contributed by atoms with E-state index in [0.717, 1.165) is 15.6 Å². The molecule has 2 aromatic carbocycles. The Labute approximate surface area is 205 Å². The summed E-state index contributed by atoms with van der Waals surface area (Å²) in [5, 5.41) is 2.53. The van der Waals surface area contributed by atoms with Crippen molar-refractivity contribution in [1.82, 2.24) is 10.0 Å². The van der Waals surface area contributed by atoms with E-state index in [9.17, 15) is 19.2 Å². The number of benzene rings is 2. The zero-order valence-corrected chi connectivity index (χ0v) is 19.8. The molecule has 0 bridgehead atoms. The second kappa shape index (κ2) is 9.29. The van der Waals surface area contributed by atoms with Crippen LogP contribution in [0, 0.1) is 11.8 Å². The van der Waals surface area contributed by atoms with Gasteiger partial charge in [-0.2, -0.15) is 5.01 Å². The van der Waals surface area contributed by atoms with Crippen LogP contribution in [0.1, 0.15) is 40.5 Å². The van der Waals surface area contributed by atoms with Gasteiger partial charge < -0.3 is 0 Å². The number of halogens is 3. The Morgan fingerprint density at radius 2 is 1.61 bits per heavy atom. The van der Waals surface area contributed by atoms with Gasteiger partial charge in [-0.15, -0.1) is 0 Å². The van der Waals surface area contributed by atoms with Crippen LogP contribution in [0.4, 0.5) is 0 Å². The maximum Gasteiger partial charge on any atom is 0.274 e. The van der Waals surface area contributed by atoms with Crippen molar-refractivity contribution in [1.29, 1.82) is 0 Å². The summed E-state index contributed by atoms with van der Waals surface area (Å²) >= 11 is 18.1.